The Kier molecular flexibility index (Phi) is 5.14. The van der Waals surface area contributed by atoms with E-state index in [1.807, 2.05) is 14.1 Å². The Hall–Kier alpha value is -1.66. The van der Waals surface area contributed by atoms with E-state index in [4.69, 9.17) is 0 Å². The summed E-state index contributed by atoms with van der Waals surface area (Å²) in [6.45, 7) is 4.78. The molecule has 21 heavy (non-hydrogen) atoms. The van der Waals surface area contributed by atoms with Gasteiger partial charge in [0.1, 0.15) is 11.6 Å². The van der Waals surface area contributed by atoms with E-state index in [1.165, 1.54) is 12.1 Å². The van der Waals surface area contributed by atoms with Crippen molar-refractivity contribution in [2.45, 2.75) is 0 Å². The third kappa shape index (κ3) is 4.15. The fraction of sp³-hybridized carbons (Fsp3) is 0.533. The second-order valence-corrected chi connectivity index (χ2v) is 5.60. The average Bonchev–Trinajstić information content (AvgIpc) is 2.45. The molecule has 0 spiro atoms. The van der Waals surface area contributed by atoms with E-state index >= 15 is 0 Å². The molecule has 1 N–H and O–H groups in total. The van der Waals surface area contributed by atoms with Crippen molar-refractivity contribution in [1.82, 2.24) is 14.7 Å². The van der Waals surface area contributed by atoms with E-state index in [9.17, 15) is 14.3 Å². The molecule has 0 radical (unpaired) electrons. The molecule has 0 saturated carbocycles. The number of aromatic hydroxyl groups is 1. The van der Waals surface area contributed by atoms with Gasteiger partial charge in [0.25, 0.3) is 5.91 Å². The molecule has 0 aromatic heterocycles. The molecule has 5 nitrogen and oxygen atoms in total. The number of piperazine rings is 1. The van der Waals surface area contributed by atoms with Crippen molar-refractivity contribution in [3.05, 3.63) is 29.6 Å². The predicted octanol–water partition coefficient (Wildman–Crippen LogP) is 0.851. The molecule has 0 unspecified atom stereocenters. The minimum atomic E-state index is -0.671. The Balaban J connectivity index is 1.91. The van der Waals surface area contributed by atoms with Gasteiger partial charge in [0.05, 0.1) is 5.56 Å². The smallest absolute Gasteiger partial charge is 0.256 e. The first-order valence-electron chi connectivity index (χ1n) is 7.12. The van der Waals surface area contributed by atoms with Crippen molar-refractivity contribution in [3.8, 4) is 5.75 Å². The molecule has 1 aliphatic rings. The SMILES string of the molecule is CN(C)CCN1CCN(C(=O)c2ccc(O)cc2F)CC1. The molecule has 0 atom stereocenters. The Morgan fingerprint density at radius 1 is 1.29 bits per heavy atom. The van der Waals surface area contributed by atoms with E-state index in [0.717, 1.165) is 32.2 Å². The zero-order valence-electron chi connectivity index (χ0n) is 12.5. The summed E-state index contributed by atoms with van der Waals surface area (Å²) < 4.78 is 13.7. The third-order valence-corrected chi connectivity index (χ3v) is 3.71. The highest BCUT2D eigenvalue weighted by Crippen LogP contribution is 2.17. The highest BCUT2D eigenvalue weighted by atomic mass is 19.1. The summed E-state index contributed by atoms with van der Waals surface area (Å²) in [5.41, 5.74) is 0.0227. The van der Waals surface area contributed by atoms with Crippen LogP contribution >= 0.6 is 0 Å². The van der Waals surface area contributed by atoms with Crippen molar-refractivity contribution in [2.24, 2.45) is 0 Å². The molecule has 1 amide bonds. The van der Waals surface area contributed by atoms with Crippen molar-refractivity contribution >= 4 is 5.91 Å². The Bertz CT molecular complexity index is 500. The van der Waals surface area contributed by atoms with Gasteiger partial charge in [0.15, 0.2) is 0 Å². The zero-order valence-corrected chi connectivity index (χ0v) is 12.5. The summed E-state index contributed by atoms with van der Waals surface area (Å²) in [5.74, 6) is -1.15. The lowest BCUT2D eigenvalue weighted by Gasteiger charge is -2.35. The summed E-state index contributed by atoms with van der Waals surface area (Å²) >= 11 is 0. The van der Waals surface area contributed by atoms with Crippen LogP contribution in [0, 0.1) is 5.82 Å². The summed E-state index contributed by atoms with van der Waals surface area (Å²) in [4.78, 5) is 18.4. The van der Waals surface area contributed by atoms with Crippen molar-refractivity contribution in [3.63, 3.8) is 0 Å². The molecular formula is C15H22FN3O2. The highest BCUT2D eigenvalue weighted by Gasteiger charge is 2.24. The average molecular weight is 295 g/mol. The van der Waals surface area contributed by atoms with Crippen LogP contribution in [0.5, 0.6) is 5.75 Å². The number of amides is 1. The number of hydrogen-bond donors (Lipinski definition) is 1. The maximum atomic E-state index is 13.7. The monoisotopic (exact) mass is 295 g/mol. The Morgan fingerprint density at radius 2 is 1.95 bits per heavy atom. The molecular weight excluding hydrogens is 273 g/mol. The molecule has 0 aliphatic carbocycles. The van der Waals surface area contributed by atoms with Gasteiger partial charge < -0.3 is 14.9 Å². The lowest BCUT2D eigenvalue weighted by molar-refractivity contribution is 0.0625. The first kappa shape index (κ1) is 15.7. The van der Waals surface area contributed by atoms with Crippen molar-refractivity contribution < 1.29 is 14.3 Å². The van der Waals surface area contributed by atoms with Gasteiger partial charge >= 0.3 is 0 Å². The number of hydrogen-bond acceptors (Lipinski definition) is 4. The zero-order chi connectivity index (χ0) is 15.4. The first-order chi connectivity index (χ1) is 9.97. The van der Waals surface area contributed by atoms with Gasteiger partial charge in [0, 0.05) is 45.3 Å². The number of phenols is 1. The minimum Gasteiger partial charge on any atom is -0.508 e. The van der Waals surface area contributed by atoms with Crippen LogP contribution in [-0.2, 0) is 0 Å². The molecule has 1 saturated heterocycles. The molecule has 1 heterocycles. The van der Waals surface area contributed by atoms with Crippen molar-refractivity contribution in [1.29, 1.82) is 0 Å². The summed E-state index contributed by atoms with van der Waals surface area (Å²) in [6.07, 6.45) is 0. The molecule has 1 aromatic rings. The number of benzene rings is 1. The maximum Gasteiger partial charge on any atom is 0.256 e. The topological polar surface area (TPSA) is 47.0 Å². The number of phenolic OH excluding ortho intramolecular Hbond substituents is 1. The number of nitrogens with zero attached hydrogens (tertiary/aromatic N) is 3. The molecule has 2 rings (SSSR count). The lowest BCUT2D eigenvalue weighted by Crippen LogP contribution is -2.50. The normalized spacial score (nSPS) is 16.5. The van der Waals surface area contributed by atoms with Crippen LogP contribution in [0.25, 0.3) is 0 Å². The number of carbonyl (C=O) groups excluding carboxylic acids is 1. The second-order valence-electron chi connectivity index (χ2n) is 5.60. The van der Waals surface area contributed by atoms with E-state index in [0.29, 0.717) is 13.1 Å². The highest BCUT2D eigenvalue weighted by molar-refractivity contribution is 5.94. The van der Waals surface area contributed by atoms with Crippen molar-refractivity contribution in [2.75, 3.05) is 53.4 Å². The fourth-order valence-electron chi connectivity index (χ4n) is 2.36. The van der Waals surface area contributed by atoms with E-state index < -0.39 is 5.82 Å². The van der Waals surface area contributed by atoms with Crippen LogP contribution < -0.4 is 0 Å². The van der Waals surface area contributed by atoms with Crippen LogP contribution in [-0.4, -0.2) is 79.1 Å². The molecule has 0 bridgehead atoms. The molecule has 6 heteroatoms. The first-order valence-corrected chi connectivity index (χ1v) is 7.12. The maximum absolute atomic E-state index is 13.7. The van der Waals surface area contributed by atoms with E-state index in [-0.39, 0.29) is 17.2 Å². The van der Waals surface area contributed by atoms with Crippen LogP contribution in [0.15, 0.2) is 18.2 Å². The third-order valence-electron chi connectivity index (χ3n) is 3.71. The minimum absolute atomic E-state index is 0.0227. The molecule has 1 fully saturated rings. The summed E-state index contributed by atoms with van der Waals surface area (Å²) in [5, 5.41) is 9.19. The largest absolute Gasteiger partial charge is 0.508 e. The number of rotatable bonds is 4. The standard InChI is InChI=1S/C15H22FN3O2/c1-17(2)5-6-18-7-9-19(10-8-18)15(21)13-4-3-12(20)11-14(13)16/h3-4,11,20H,5-10H2,1-2H3. The molecule has 1 aromatic carbocycles. The summed E-state index contributed by atoms with van der Waals surface area (Å²) in [6, 6.07) is 3.65. The van der Waals surface area contributed by atoms with Crippen LogP contribution in [0.3, 0.4) is 0 Å². The van der Waals surface area contributed by atoms with Gasteiger partial charge in [-0.3, -0.25) is 9.69 Å². The quantitative estimate of drug-likeness (QED) is 0.894. The molecule has 1 aliphatic heterocycles. The van der Waals surface area contributed by atoms with Gasteiger partial charge in [-0.2, -0.15) is 0 Å². The number of halogens is 1. The van der Waals surface area contributed by atoms with Gasteiger partial charge in [0.2, 0.25) is 0 Å². The Labute approximate surface area is 124 Å². The van der Waals surface area contributed by atoms with Gasteiger partial charge in [-0.1, -0.05) is 0 Å². The van der Waals surface area contributed by atoms with Crippen LogP contribution in [0.1, 0.15) is 10.4 Å². The second kappa shape index (κ2) is 6.87. The van der Waals surface area contributed by atoms with Gasteiger partial charge in [-0.05, 0) is 26.2 Å². The van der Waals surface area contributed by atoms with E-state index in [2.05, 4.69) is 9.80 Å². The number of carbonyl (C=O) groups is 1. The van der Waals surface area contributed by atoms with Crippen LogP contribution in [0.4, 0.5) is 4.39 Å². The van der Waals surface area contributed by atoms with Gasteiger partial charge in [-0.15, -0.1) is 0 Å². The van der Waals surface area contributed by atoms with E-state index in [1.54, 1.807) is 4.90 Å². The predicted molar refractivity (Wildman–Crippen MR) is 79.0 cm³/mol. The van der Waals surface area contributed by atoms with Crippen LogP contribution in [0.2, 0.25) is 0 Å². The molecule has 116 valence electrons. The number of likely N-dealkylation sites (N-methyl/N-ethyl adjacent to an activating group) is 1. The fourth-order valence-corrected chi connectivity index (χ4v) is 2.36. The Morgan fingerprint density at radius 3 is 2.52 bits per heavy atom. The van der Waals surface area contributed by atoms with Gasteiger partial charge in [-0.25, -0.2) is 4.39 Å². The lowest BCUT2D eigenvalue weighted by atomic mass is 10.1. The summed E-state index contributed by atoms with van der Waals surface area (Å²) in [7, 11) is 4.07.